The van der Waals surface area contributed by atoms with E-state index in [9.17, 15) is 14.4 Å². The van der Waals surface area contributed by atoms with E-state index in [1.54, 1.807) is 30.3 Å². The maximum absolute atomic E-state index is 13.6. The molecule has 8 heteroatoms. The lowest BCUT2D eigenvalue weighted by atomic mass is 9.94. The fraction of sp³-hybridized carbons (Fsp3) is 0.344. The van der Waals surface area contributed by atoms with Crippen molar-refractivity contribution in [3.8, 4) is 0 Å². The van der Waals surface area contributed by atoms with Crippen molar-refractivity contribution in [3.05, 3.63) is 94.5 Å². The van der Waals surface area contributed by atoms with Gasteiger partial charge < -0.3 is 20.0 Å². The number of carbonyl (C=O) groups is 3. The van der Waals surface area contributed by atoms with Crippen molar-refractivity contribution in [3.63, 3.8) is 0 Å². The van der Waals surface area contributed by atoms with Crippen LogP contribution in [0.4, 0.5) is 11.4 Å². The summed E-state index contributed by atoms with van der Waals surface area (Å²) in [5.74, 6) is -0.357. The predicted octanol–water partition coefficient (Wildman–Crippen LogP) is 5.67. The van der Waals surface area contributed by atoms with E-state index in [0.717, 1.165) is 43.6 Å². The average molecular weight is 559 g/mol. The third-order valence-electron chi connectivity index (χ3n) is 7.84. The maximum Gasteiger partial charge on any atom is 0.257 e. The van der Waals surface area contributed by atoms with Crippen LogP contribution in [-0.4, -0.2) is 66.8 Å². The van der Waals surface area contributed by atoms with E-state index in [0.29, 0.717) is 48.0 Å². The van der Waals surface area contributed by atoms with Crippen LogP contribution in [0.3, 0.4) is 0 Å². The Bertz CT molecular complexity index is 1370. The first-order valence-electron chi connectivity index (χ1n) is 14.0. The standard InChI is InChI=1S/C32H35ClN4O3/c1-2-25(23-10-4-3-5-11-23)31(39)37-20-18-35(19-21-37)29-15-14-24(22-27(29)32(40)36-16-8-9-17-36)34-30(38)26-12-6-7-13-28(26)33/h3-7,10-15,22,25H,2,8-9,16-21H2,1H3,(H,34,38)/t25-/m1/s1. The second-order valence-corrected chi connectivity index (χ2v) is 10.8. The van der Waals surface area contributed by atoms with Crippen LogP contribution in [0.5, 0.6) is 0 Å². The van der Waals surface area contributed by atoms with E-state index in [1.165, 1.54) is 0 Å². The molecule has 2 aliphatic heterocycles. The van der Waals surface area contributed by atoms with Gasteiger partial charge in [-0.25, -0.2) is 0 Å². The summed E-state index contributed by atoms with van der Waals surface area (Å²) in [5.41, 5.74) is 3.36. The first-order chi connectivity index (χ1) is 19.5. The number of hydrogen-bond acceptors (Lipinski definition) is 4. The van der Waals surface area contributed by atoms with Gasteiger partial charge >= 0.3 is 0 Å². The Balaban J connectivity index is 1.34. The van der Waals surface area contributed by atoms with E-state index in [2.05, 4.69) is 10.2 Å². The molecule has 0 unspecified atom stereocenters. The highest BCUT2D eigenvalue weighted by Crippen LogP contribution is 2.30. The molecular weight excluding hydrogens is 524 g/mol. The highest BCUT2D eigenvalue weighted by Gasteiger charge is 2.30. The molecule has 40 heavy (non-hydrogen) atoms. The van der Waals surface area contributed by atoms with Gasteiger partial charge in [0.1, 0.15) is 0 Å². The smallest absolute Gasteiger partial charge is 0.257 e. The van der Waals surface area contributed by atoms with Gasteiger partial charge in [0.25, 0.3) is 11.8 Å². The van der Waals surface area contributed by atoms with E-state index < -0.39 is 0 Å². The van der Waals surface area contributed by atoms with Crippen LogP contribution in [0, 0.1) is 0 Å². The van der Waals surface area contributed by atoms with Crippen molar-refractivity contribution >= 4 is 40.7 Å². The molecule has 0 bridgehead atoms. The van der Waals surface area contributed by atoms with E-state index in [1.807, 2.05) is 59.2 Å². The minimum Gasteiger partial charge on any atom is -0.367 e. The molecule has 0 radical (unpaired) electrons. The van der Waals surface area contributed by atoms with Gasteiger partial charge in [0.05, 0.1) is 22.1 Å². The number of nitrogens with one attached hydrogen (secondary N) is 1. The van der Waals surface area contributed by atoms with Gasteiger partial charge in [-0.2, -0.15) is 0 Å². The van der Waals surface area contributed by atoms with Gasteiger partial charge in [-0.3, -0.25) is 14.4 Å². The molecule has 0 saturated carbocycles. The van der Waals surface area contributed by atoms with Gasteiger partial charge in [-0.05, 0) is 55.2 Å². The number of rotatable bonds is 7. The number of halogens is 1. The molecule has 3 aromatic carbocycles. The highest BCUT2D eigenvalue weighted by atomic mass is 35.5. The van der Waals surface area contributed by atoms with Crippen molar-refractivity contribution in [1.82, 2.24) is 9.80 Å². The van der Waals surface area contributed by atoms with Gasteiger partial charge in [0.15, 0.2) is 0 Å². The number of piperazine rings is 1. The molecule has 0 aromatic heterocycles. The monoisotopic (exact) mass is 558 g/mol. The van der Waals surface area contributed by atoms with Gasteiger partial charge in [0.2, 0.25) is 5.91 Å². The molecule has 1 atom stereocenters. The lowest BCUT2D eigenvalue weighted by Gasteiger charge is -2.38. The Morgan fingerprint density at radius 3 is 2.15 bits per heavy atom. The fourth-order valence-corrected chi connectivity index (χ4v) is 5.84. The molecule has 0 aliphatic carbocycles. The molecule has 208 valence electrons. The molecule has 3 aromatic rings. The first kappa shape index (κ1) is 27.7. The summed E-state index contributed by atoms with van der Waals surface area (Å²) in [6.45, 7) is 5.94. The Morgan fingerprint density at radius 2 is 1.48 bits per heavy atom. The normalized spacial score (nSPS) is 16.1. The molecule has 3 amide bonds. The maximum atomic E-state index is 13.6. The van der Waals surface area contributed by atoms with Crippen molar-refractivity contribution < 1.29 is 14.4 Å². The minimum atomic E-state index is -0.325. The number of benzene rings is 3. The second kappa shape index (κ2) is 12.6. The van der Waals surface area contributed by atoms with Gasteiger partial charge in [-0.1, -0.05) is 61.0 Å². The van der Waals surface area contributed by atoms with Crippen LogP contribution in [-0.2, 0) is 4.79 Å². The zero-order valence-electron chi connectivity index (χ0n) is 22.8. The van der Waals surface area contributed by atoms with Crippen molar-refractivity contribution in [2.75, 3.05) is 49.5 Å². The highest BCUT2D eigenvalue weighted by molar-refractivity contribution is 6.34. The van der Waals surface area contributed by atoms with Crippen LogP contribution >= 0.6 is 11.6 Å². The quantitative estimate of drug-likeness (QED) is 0.405. The minimum absolute atomic E-state index is 0.0324. The Morgan fingerprint density at radius 1 is 0.800 bits per heavy atom. The number of carbonyl (C=O) groups excluding carboxylic acids is 3. The lowest BCUT2D eigenvalue weighted by Crippen LogP contribution is -2.50. The summed E-state index contributed by atoms with van der Waals surface area (Å²) in [4.78, 5) is 45.9. The van der Waals surface area contributed by atoms with E-state index in [-0.39, 0.29) is 23.6 Å². The number of nitrogens with zero attached hydrogens (tertiary/aromatic N) is 3. The zero-order valence-corrected chi connectivity index (χ0v) is 23.6. The fourth-order valence-electron chi connectivity index (χ4n) is 5.62. The summed E-state index contributed by atoms with van der Waals surface area (Å²) >= 11 is 6.22. The Kier molecular flexibility index (Phi) is 8.70. The molecule has 2 aliphatic rings. The number of amides is 3. The summed E-state index contributed by atoms with van der Waals surface area (Å²) in [6, 6.07) is 22.3. The van der Waals surface area contributed by atoms with Crippen molar-refractivity contribution in [2.24, 2.45) is 0 Å². The third-order valence-corrected chi connectivity index (χ3v) is 8.17. The Labute approximate surface area is 240 Å². The molecule has 2 fully saturated rings. The van der Waals surface area contributed by atoms with E-state index >= 15 is 0 Å². The molecule has 2 saturated heterocycles. The van der Waals surface area contributed by atoms with Crippen LogP contribution in [0.1, 0.15) is 58.4 Å². The number of hydrogen-bond donors (Lipinski definition) is 1. The second-order valence-electron chi connectivity index (χ2n) is 10.3. The lowest BCUT2D eigenvalue weighted by molar-refractivity contribution is -0.133. The van der Waals surface area contributed by atoms with Crippen LogP contribution in [0.15, 0.2) is 72.8 Å². The third kappa shape index (κ3) is 5.99. The van der Waals surface area contributed by atoms with E-state index in [4.69, 9.17) is 11.6 Å². The van der Waals surface area contributed by atoms with Crippen LogP contribution < -0.4 is 10.2 Å². The molecule has 2 heterocycles. The van der Waals surface area contributed by atoms with Gasteiger partial charge in [0, 0.05) is 50.6 Å². The first-order valence-corrected chi connectivity index (χ1v) is 14.4. The van der Waals surface area contributed by atoms with Crippen LogP contribution in [0.25, 0.3) is 0 Å². The molecular formula is C32H35ClN4O3. The van der Waals surface area contributed by atoms with Crippen LogP contribution in [0.2, 0.25) is 5.02 Å². The summed E-state index contributed by atoms with van der Waals surface area (Å²) in [7, 11) is 0. The van der Waals surface area contributed by atoms with Crippen molar-refractivity contribution in [2.45, 2.75) is 32.1 Å². The molecule has 0 spiro atoms. The number of anilines is 2. The summed E-state index contributed by atoms with van der Waals surface area (Å²) in [5, 5.41) is 3.28. The number of likely N-dealkylation sites (tertiary alicyclic amines) is 1. The molecule has 7 nitrogen and oxygen atoms in total. The van der Waals surface area contributed by atoms with Crippen molar-refractivity contribution in [1.29, 1.82) is 0 Å². The predicted molar refractivity (Wildman–Crippen MR) is 159 cm³/mol. The molecule has 5 rings (SSSR count). The van der Waals surface area contributed by atoms with Gasteiger partial charge in [-0.15, -0.1) is 0 Å². The summed E-state index contributed by atoms with van der Waals surface area (Å²) < 4.78 is 0. The SMILES string of the molecule is CC[C@@H](C(=O)N1CCN(c2ccc(NC(=O)c3ccccc3Cl)cc2C(=O)N2CCCC2)CC1)c1ccccc1. The largest absolute Gasteiger partial charge is 0.367 e. The Hall–Kier alpha value is -3.84. The average Bonchev–Trinajstić information content (AvgIpc) is 3.53. The summed E-state index contributed by atoms with van der Waals surface area (Å²) in [6.07, 6.45) is 2.73. The molecule has 1 N–H and O–H groups in total. The zero-order chi connectivity index (χ0) is 28.1. The topological polar surface area (TPSA) is 73.0 Å².